The Morgan fingerprint density at radius 2 is 1.33 bits per heavy atom. The lowest BCUT2D eigenvalue weighted by atomic mass is 9.82. The first kappa shape index (κ1) is 74.6. The van der Waals surface area contributed by atoms with Crippen LogP contribution in [0.15, 0.2) is 54.6 Å². The lowest BCUT2D eigenvalue weighted by Crippen LogP contribution is -2.59. The van der Waals surface area contributed by atoms with Gasteiger partial charge in [0.05, 0.1) is 30.4 Å². The Labute approximate surface area is 517 Å². The maximum Gasteiger partial charge on any atom is 0.312 e. The molecule has 87 heavy (non-hydrogen) atoms. The van der Waals surface area contributed by atoms with E-state index in [9.17, 15) is 51.6 Å². The average Bonchev–Trinajstić information content (AvgIpc) is 4.05. The topological polar surface area (TPSA) is 317 Å². The summed E-state index contributed by atoms with van der Waals surface area (Å²) in [7, 11) is 2.49. The van der Waals surface area contributed by atoms with Crippen molar-refractivity contribution in [1.29, 1.82) is 0 Å². The Kier molecular flexibility index (Phi) is 30.8. The minimum absolute atomic E-state index is 0.00791. The van der Waals surface area contributed by atoms with Gasteiger partial charge in [-0.05, 0) is 99.0 Å². The van der Waals surface area contributed by atoms with Gasteiger partial charge in [0.2, 0.25) is 51.4 Å². The van der Waals surface area contributed by atoms with Gasteiger partial charge in [-0.2, -0.15) is 0 Å². The number of nitrogens with zero attached hydrogens (tertiary/aromatic N) is 3. The first-order chi connectivity index (χ1) is 40.9. The number of hydrogen-bond acceptors (Lipinski definition) is 13. The van der Waals surface area contributed by atoms with Crippen LogP contribution in [0.5, 0.6) is 0 Å². The fourth-order valence-electron chi connectivity index (χ4n) is 11.6. The van der Waals surface area contributed by atoms with Crippen molar-refractivity contribution < 1.29 is 56.3 Å². The Morgan fingerprint density at radius 3 is 1.87 bits per heavy atom. The van der Waals surface area contributed by atoms with Gasteiger partial charge in [-0.1, -0.05) is 131 Å². The summed E-state index contributed by atoms with van der Waals surface area (Å²) in [5, 5.41) is 16.5. The van der Waals surface area contributed by atoms with Crippen LogP contribution in [0, 0.1) is 35.5 Å². The third-order valence-corrected chi connectivity index (χ3v) is 17.7. The molecule has 10 amide bonds. The molecule has 3 unspecified atom stereocenters. The van der Waals surface area contributed by atoms with Crippen LogP contribution in [-0.2, 0) is 65.3 Å². The van der Waals surface area contributed by atoms with Gasteiger partial charge < -0.3 is 52.2 Å². The van der Waals surface area contributed by atoms with Crippen LogP contribution in [0.25, 0.3) is 0 Å². The van der Waals surface area contributed by atoms with Crippen LogP contribution in [0.3, 0.4) is 0 Å². The zero-order valence-corrected chi connectivity index (χ0v) is 55.0. The molecule has 11 atom stereocenters. The smallest absolute Gasteiger partial charge is 0.312 e. The molecule has 1 aliphatic heterocycles. The number of benzene rings is 2. The van der Waals surface area contributed by atoms with Gasteiger partial charge in [0.25, 0.3) is 5.91 Å². The van der Waals surface area contributed by atoms with Gasteiger partial charge in [-0.3, -0.25) is 48.0 Å². The summed E-state index contributed by atoms with van der Waals surface area (Å²) in [4.78, 5) is 127. The number of primary amides is 1. The highest BCUT2D eigenvalue weighted by molar-refractivity contribution is 7.89. The van der Waals surface area contributed by atoms with Crippen molar-refractivity contribution >= 4 is 69.0 Å². The van der Waals surface area contributed by atoms with E-state index in [0.717, 1.165) is 0 Å². The summed E-state index contributed by atoms with van der Waals surface area (Å²) >= 11 is 0. The molecular formula is C63H103N11O12S. The number of methoxy groups -OCH3 is 1. The number of anilines is 1. The summed E-state index contributed by atoms with van der Waals surface area (Å²) in [5.41, 5.74) is 6.38. The summed E-state index contributed by atoms with van der Waals surface area (Å²) in [6, 6.07) is 8.38. The molecule has 0 saturated carbocycles. The molecule has 24 heteroatoms. The highest BCUT2D eigenvalue weighted by Gasteiger charge is 2.43. The molecule has 9 N–H and O–H groups in total. The van der Waals surface area contributed by atoms with Gasteiger partial charge in [-0.15, -0.1) is 0 Å². The molecule has 0 aromatic heterocycles. The van der Waals surface area contributed by atoms with Crippen LogP contribution < -0.4 is 42.4 Å². The number of carbonyl (C=O) groups excluding carboxylic acids is 9. The number of urea groups is 1. The van der Waals surface area contributed by atoms with E-state index in [-0.39, 0.29) is 109 Å². The number of likely N-dealkylation sites (N-methyl/N-ethyl adjacent to an activating group) is 2. The Morgan fingerprint density at radius 1 is 0.713 bits per heavy atom. The Hall–Kier alpha value is -6.66. The maximum atomic E-state index is 14.6. The summed E-state index contributed by atoms with van der Waals surface area (Å²) < 4.78 is 35.8. The molecule has 23 nitrogen and oxygen atoms in total. The van der Waals surface area contributed by atoms with Crippen LogP contribution in [0.2, 0.25) is 0 Å². The standard InChI is InChI=1S/C63H103N11O12S/c1-16-24-51(75)69-53(38(4)5)60(80)67-47(27-22-33-65-63(64)83)58(78)66-45-31-29-44(30-32-45)37-87(84,85)71-59(79)48(35-43-25-20-19-21-26-43)68-57(77)42(11)46(18-3)49-28-23-34-74(49)52(76)36-50(86-15)56(41(10)17-2)73(14)62(82)54(39(6)7)70-61(81)55(40(8)9)72(12)13/h19-21,25-26,29-32,38-42,46-50,53-56H,16-18,22-24,27-28,33-37H2,1-15H3,(H,66,78)(H,67,80)(H,68,77)(H,69,75)(H,70,81)(H,71,79)(H3,64,65,83)/t41-,42+,46+,47-,48-,49-,50+,53?,54-,55?,56?/m0/s1. The van der Waals surface area contributed by atoms with Gasteiger partial charge in [0, 0.05) is 57.7 Å². The third kappa shape index (κ3) is 23.1. The Bertz CT molecular complexity index is 2690. The first-order valence-electron chi connectivity index (χ1n) is 30.9. The minimum atomic E-state index is -4.39. The lowest BCUT2D eigenvalue weighted by Gasteiger charge is -2.41. The van der Waals surface area contributed by atoms with E-state index in [4.69, 9.17) is 10.5 Å². The molecule has 0 spiro atoms. The molecule has 3 rings (SSSR count). The second-order valence-electron chi connectivity index (χ2n) is 24.5. The molecule has 1 heterocycles. The number of amides is 10. The van der Waals surface area contributed by atoms with Crippen molar-refractivity contribution in [2.24, 2.45) is 41.2 Å². The monoisotopic (exact) mass is 1240 g/mol. The normalized spacial score (nSPS) is 17.0. The van der Waals surface area contributed by atoms with E-state index in [1.54, 1.807) is 68.0 Å². The summed E-state index contributed by atoms with van der Waals surface area (Å²) in [6.45, 7) is 21.3. The number of nitrogens with one attached hydrogen (secondary N) is 7. The van der Waals surface area contributed by atoms with Crippen LogP contribution in [0.4, 0.5) is 10.5 Å². The van der Waals surface area contributed by atoms with Crippen LogP contribution >= 0.6 is 0 Å². The predicted molar refractivity (Wildman–Crippen MR) is 337 cm³/mol. The number of rotatable bonds is 36. The number of nitrogens with two attached hydrogens (primary N) is 1. The SMILES string of the molecule is CCCC(=O)NC(C(=O)N[C@@H](CCCNC(N)=O)C(=O)Nc1ccc(CS(=O)(=O)NC(=O)[C@H](Cc2ccccc2)NC(=O)[C@H](C)[C@@H](CC)[C@@H]2CCCN2C(=O)C[C@@H](OC)C([C@@H](C)CC)N(C)C(=O)[C@@H](NC(=O)C(C(C)C)N(C)C)C(C)C)cc1)C(C)C. The van der Waals surface area contributed by atoms with Crippen molar-refractivity contribution in [3.05, 3.63) is 65.7 Å². The van der Waals surface area contributed by atoms with E-state index in [1.807, 2.05) is 74.4 Å². The summed E-state index contributed by atoms with van der Waals surface area (Å²) in [6.07, 6.45) is 2.80. The van der Waals surface area contributed by atoms with E-state index in [2.05, 4.69) is 36.6 Å². The molecule has 2 aromatic rings. The van der Waals surface area contributed by atoms with Crippen molar-refractivity contribution in [1.82, 2.24) is 46.0 Å². The van der Waals surface area contributed by atoms with Crippen molar-refractivity contribution in [3.63, 3.8) is 0 Å². The number of carbonyl (C=O) groups is 9. The van der Waals surface area contributed by atoms with Crippen molar-refractivity contribution in [2.45, 2.75) is 195 Å². The van der Waals surface area contributed by atoms with Crippen LogP contribution in [-0.4, -0.2) is 166 Å². The zero-order chi connectivity index (χ0) is 65.5. The zero-order valence-electron chi connectivity index (χ0n) is 54.2. The fourth-order valence-corrected chi connectivity index (χ4v) is 12.8. The molecule has 0 radical (unpaired) electrons. The molecule has 0 aliphatic carbocycles. The molecule has 2 aromatic carbocycles. The van der Waals surface area contributed by atoms with Crippen LogP contribution in [0.1, 0.15) is 145 Å². The van der Waals surface area contributed by atoms with E-state index < -0.39 is 93.7 Å². The first-order valence-corrected chi connectivity index (χ1v) is 32.5. The van der Waals surface area contributed by atoms with Gasteiger partial charge in [0.15, 0.2) is 0 Å². The lowest BCUT2D eigenvalue weighted by molar-refractivity contribution is -0.147. The number of hydrogen-bond donors (Lipinski definition) is 8. The number of likely N-dealkylation sites (tertiary alicyclic amines) is 1. The van der Waals surface area contributed by atoms with E-state index in [0.29, 0.717) is 44.2 Å². The quantitative estimate of drug-likeness (QED) is 0.0425. The van der Waals surface area contributed by atoms with Crippen molar-refractivity contribution in [3.8, 4) is 0 Å². The second-order valence-corrected chi connectivity index (χ2v) is 26.3. The molecule has 488 valence electrons. The molecule has 1 fully saturated rings. The molecule has 1 aliphatic rings. The highest BCUT2D eigenvalue weighted by atomic mass is 32.2. The highest BCUT2D eigenvalue weighted by Crippen LogP contribution is 2.34. The predicted octanol–water partition coefficient (Wildman–Crippen LogP) is 4.83. The third-order valence-electron chi connectivity index (χ3n) is 16.5. The number of sulfonamides is 1. The summed E-state index contributed by atoms with van der Waals surface area (Å²) in [5.74, 6) is -6.10. The van der Waals surface area contributed by atoms with Crippen molar-refractivity contribution in [2.75, 3.05) is 46.7 Å². The minimum Gasteiger partial charge on any atom is -0.379 e. The van der Waals surface area contributed by atoms with Gasteiger partial charge in [0.1, 0.15) is 24.2 Å². The fraction of sp³-hybridized carbons (Fsp3) is 0.667. The molecular weight excluding hydrogens is 1130 g/mol. The largest absolute Gasteiger partial charge is 0.379 e. The Balaban J connectivity index is 1.80. The number of ether oxygens (including phenoxy) is 1. The molecule has 1 saturated heterocycles. The van der Waals surface area contributed by atoms with Gasteiger partial charge >= 0.3 is 6.03 Å². The maximum absolute atomic E-state index is 14.6. The van der Waals surface area contributed by atoms with Gasteiger partial charge in [-0.25, -0.2) is 13.2 Å². The second kappa shape index (κ2) is 36.0. The molecule has 0 bridgehead atoms. The van der Waals surface area contributed by atoms with E-state index in [1.165, 1.54) is 31.4 Å². The average molecular weight is 1240 g/mol. The van der Waals surface area contributed by atoms with E-state index >= 15 is 0 Å².